The fourth-order valence-electron chi connectivity index (χ4n) is 3.85. The lowest BCUT2D eigenvalue weighted by Gasteiger charge is -2.10. The van der Waals surface area contributed by atoms with Gasteiger partial charge in [-0.1, -0.05) is 38.1 Å². The Morgan fingerprint density at radius 3 is 2.62 bits per heavy atom. The Morgan fingerprint density at radius 1 is 1.11 bits per heavy atom. The van der Waals surface area contributed by atoms with Crippen molar-refractivity contribution in [1.82, 2.24) is 35.0 Å². The number of hydrogen-bond acceptors (Lipinski definition) is 8. The first-order valence-electron chi connectivity index (χ1n) is 11.7. The molecule has 0 atom stereocenters. The molecule has 0 aliphatic heterocycles. The van der Waals surface area contributed by atoms with Gasteiger partial charge in [0, 0.05) is 41.0 Å². The van der Waals surface area contributed by atoms with Gasteiger partial charge in [-0.2, -0.15) is 10.1 Å². The summed E-state index contributed by atoms with van der Waals surface area (Å²) in [5.41, 5.74) is 6.26. The van der Waals surface area contributed by atoms with Gasteiger partial charge in [0.1, 0.15) is 6.33 Å². The molecule has 10 heteroatoms. The van der Waals surface area contributed by atoms with Crippen molar-refractivity contribution < 1.29 is 14.1 Å². The summed E-state index contributed by atoms with van der Waals surface area (Å²) in [4.78, 5) is 36.5. The summed E-state index contributed by atoms with van der Waals surface area (Å²) in [5.74, 6) is 0.0364. The van der Waals surface area contributed by atoms with E-state index >= 15 is 0 Å². The maximum absolute atomic E-state index is 12.5. The predicted molar refractivity (Wildman–Crippen MR) is 136 cm³/mol. The molecule has 0 spiro atoms. The van der Waals surface area contributed by atoms with Crippen LogP contribution in [-0.2, 0) is 12.0 Å². The van der Waals surface area contributed by atoms with Crippen LogP contribution in [0.15, 0.2) is 59.6 Å². The molecule has 0 saturated heterocycles. The molecule has 5 rings (SSSR count). The third-order valence-electron chi connectivity index (χ3n) is 5.95. The highest BCUT2D eigenvalue weighted by Crippen LogP contribution is 2.28. The molecule has 0 saturated carbocycles. The number of aryl methyl sites for hydroxylation is 1. The lowest BCUT2D eigenvalue weighted by Crippen LogP contribution is -2.24. The topological polar surface area (TPSA) is 128 Å². The molecule has 1 N–H and O–H groups in total. The van der Waals surface area contributed by atoms with E-state index in [0.29, 0.717) is 18.0 Å². The number of fused-ring (bicyclic) bond motifs is 1. The largest absolute Gasteiger partial charge is 0.345 e. The van der Waals surface area contributed by atoms with Crippen LogP contribution in [0.4, 0.5) is 0 Å². The number of carbonyl (C=O) groups excluding carboxylic acids is 2. The molecule has 0 aliphatic carbocycles. The van der Waals surface area contributed by atoms with E-state index in [9.17, 15) is 9.59 Å². The first kappa shape index (κ1) is 24.0. The van der Waals surface area contributed by atoms with E-state index in [1.54, 1.807) is 22.8 Å². The van der Waals surface area contributed by atoms with Crippen molar-refractivity contribution in [2.45, 2.75) is 39.7 Å². The summed E-state index contributed by atoms with van der Waals surface area (Å²) < 4.78 is 6.97. The molecule has 4 aromatic heterocycles. The van der Waals surface area contributed by atoms with Crippen LogP contribution in [0.5, 0.6) is 0 Å². The summed E-state index contributed by atoms with van der Waals surface area (Å²) in [7, 11) is 0. The highest BCUT2D eigenvalue weighted by atomic mass is 16.5. The second-order valence-corrected chi connectivity index (χ2v) is 9.76. The molecule has 4 heterocycles. The SMILES string of the molecule is Cc1cc(-c2ncnn3cc(-c4ccc(C=O)cn4)cc23)ccc1CNC(=O)c1noc(C(C)(C)C)n1. The van der Waals surface area contributed by atoms with E-state index in [-0.39, 0.29) is 11.2 Å². The number of carbonyl (C=O) groups is 2. The summed E-state index contributed by atoms with van der Waals surface area (Å²) >= 11 is 0. The molecule has 0 radical (unpaired) electrons. The van der Waals surface area contributed by atoms with E-state index in [1.807, 2.05) is 58.2 Å². The minimum absolute atomic E-state index is 0.0156. The molecule has 0 fully saturated rings. The molecule has 1 amide bonds. The molecule has 186 valence electrons. The number of nitrogens with zero attached hydrogens (tertiary/aromatic N) is 6. The van der Waals surface area contributed by atoms with Gasteiger partial charge in [-0.05, 0) is 42.3 Å². The highest BCUT2D eigenvalue weighted by molar-refractivity contribution is 5.90. The monoisotopic (exact) mass is 495 g/mol. The zero-order valence-corrected chi connectivity index (χ0v) is 20.9. The van der Waals surface area contributed by atoms with Crippen LogP contribution in [0.25, 0.3) is 28.0 Å². The molecular weight excluding hydrogens is 470 g/mol. The van der Waals surface area contributed by atoms with E-state index in [1.165, 1.54) is 6.33 Å². The molecule has 1 aromatic carbocycles. The Balaban J connectivity index is 1.36. The van der Waals surface area contributed by atoms with E-state index in [0.717, 1.165) is 45.4 Å². The molecule has 37 heavy (non-hydrogen) atoms. The summed E-state index contributed by atoms with van der Waals surface area (Å²) in [5, 5.41) is 11.0. The number of hydrogen-bond donors (Lipinski definition) is 1. The van der Waals surface area contributed by atoms with Gasteiger partial charge in [-0.25, -0.2) is 9.50 Å². The van der Waals surface area contributed by atoms with Gasteiger partial charge in [-0.3, -0.25) is 14.6 Å². The summed E-state index contributed by atoms with van der Waals surface area (Å²) in [6.07, 6.45) is 5.70. The minimum atomic E-state index is -0.393. The molecule has 0 bridgehead atoms. The number of aldehydes is 1. The Bertz CT molecular complexity index is 1610. The van der Waals surface area contributed by atoms with Crippen LogP contribution >= 0.6 is 0 Å². The second kappa shape index (κ2) is 9.38. The lowest BCUT2D eigenvalue weighted by atomic mass is 9.97. The van der Waals surface area contributed by atoms with Crippen LogP contribution in [-0.4, -0.2) is 41.9 Å². The van der Waals surface area contributed by atoms with Gasteiger partial charge in [0.05, 0.1) is 16.9 Å². The molecule has 0 aliphatic rings. The average Bonchev–Trinajstić information content (AvgIpc) is 3.56. The van der Waals surface area contributed by atoms with Crippen molar-refractivity contribution in [2.24, 2.45) is 0 Å². The number of rotatable bonds is 6. The summed E-state index contributed by atoms with van der Waals surface area (Å²) in [6.45, 7) is 8.13. The quantitative estimate of drug-likeness (QED) is 0.347. The number of benzene rings is 1. The normalized spacial score (nSPS) is 11.6. The third kappa shape index (κ3) is 4.86. The number of nitrogens with one attached hydrogen (secondary N) is 1. The zero-order chi connectivity index (χ0) is 26.2. The van der Waals surface area contributed by atoms with Crippen molar-refractivity contribution in [1.29, 1.82) is 0 Å². The maximum atomic E-state index is 12.5. The predicted octanol–water partition coefficient (Wildman–Crippen LogP) is 4.19. The Hall–Kier alpha value is -4.73. The molecule has 5 aromatic rings. The van der Waals surface area contributed by atoms with Gasteiger partial charge in [0.25, 0.3) is 11.7 Å². The first-order valence-corrected chi connectivity index (χ1v) is 11.7. The van der Waals surface area contributed by atoms with Crippen molar-refractivity contribution >= 4 is 17.7 Å². The lowest BCUT2D eigenvalue weighted by molar-refractivity contribution is 0.0937. The van der Waals surface area contributed by atoms with Gasteiger partial charge in [0.15, 0.2) is 6.29 Å². The van der Waals surface area contributed by atoms with Crippen molar-refractivity contribution in [2.75, 3.05) is 0 Å². The van der Waals surface area contributed by atoms with Gasteiger partial charge in [0.2, 0.25) is 5.89 Å². The molecule has 0 unspecified atom stereocenters. The van der Waals surface area contributed by atoms with E-state index in [2.05, 4.69) is 30.5 Å². The maximum Gasteiger partial charge on any atom is 0.292 e. The average molecular weight is 496 g/mol. The number of aromatic nitrogens is 6. The summed E-state index contributed by atoms with van der Waals surface area (Å²) in [6, 6.07) is 11.5. The van der Waals surface area contributed by atoms with Crippen molar-refractivity contribution in [3.05, 3.63) is 83.5 Å². The van der Waals surface area contributed by atoms with Gasteiger partial charge < -0.3 is 9.84 Å². The third-order valence-corrected chi connectivity index (χ3v) is 5.95. The minimum Gasteiger partial charge on any atom is -0.345 e. The molecule has 10 nitrogen and oxygen atoms in total. The number of amides is 1. The van der Waals surface area contributed by atoms with Crippen LogP contribution < -0.4 is 5.32 Å². The van der Waals surface area contributed by atoms with Gasteiger partial charge in [-0.15, -0.1) is 0 Å². The Kier molecular flexibility index (Phi) is 6.08. The fourth-order valence-corrected chi connectivity index (χ4v) is 3.85. The molecular formula is C27H25N7O3. The van der Waals surface area contributed by atoms with Crippen LogP contribution in [0.3, 0.4) is 0 Å². The Labute approximate surface area is 212 Å². The highest BCUT2D eigenvalue weighted by Gasteiger charge is 2.24. The second-order valence-electron chi connectivity index (χ2n) is 9.76. The van der Waals surface area contributed by atoms with E-state index in [4.69, 9.17) is 4.52 Å². The Morgan fingerprint density at radius 2 is 1.95 bits per heavy atom. The first-order chi connectivity index (χ1) is 17.7. The van der Waals surface area contributed by atoms with Crippen molar-refractivity contribution in [3.63, 3.8) is 0 Å². The van der Waals surface area contributed by atoms with Crippen molar-refractivity contribution in [3.8, 4) is 22.5 Å². The smallest absolute Gasteiger partial charge is 0.292 e. The fraction of sp³-hybridized carbons (Fsp3) is 0.222. The van der Waals surface area contributed by atoms with E-state index < -0.39 is 5.91 Å². The zero-order valence-electron chi connectivity index (χ0n) is 20.9. The van der Waals surface area contributed by atoms with Crippen LogP contribution in [0.2, 0.25) is 0 Å². The van der Waals surface area contributed by atoms with Gasteiger partial charge >= 0.3 is 0 Å². The standard InChI is InChI=1S/C27H25N7O3/c1-16-9-18(6-7-19(16)12-29-25(36)24-32-26(37-33-24)27(2,3)4)23-22-10-20(13-34(22)31-15-30-23)21-8-5-17(14-35)11-28-21/h5-11,13-15H,12H2,1-4H3,(H,29,36). The number of pyridine rings is 1. The van der Waals surface area contributed by atoms with Crippen LogP contribution in [0.1, 0.15) is 58.8 Å². The van der Waals surface area contributed by atoms with Crippen LogP contribution in [0, 0.1) is 6.92 Å².